The van der Waals surface area contributed by atoms with Gasteiger partial charge in [0.25, 0.3) is 5.91 Å². The predicted octanol–water partition coefficient (Wildman–Crippen LogP) is 3.31. The average molecular weight is 456 g/mol. The van der Waals surface area contributed by atoms with Crippen LogP contribution in [0.15, 0.2) is 59.5 Å². The highest BCUT2D eigenvalue weighted by Gasteiger charge is 2.32. The van der Waals surface area contributed by atoms with Crippen molar-refractivity contribution in [2.75, 3.05) is 39.3 Å². The molecule has 0 unspecified atom stereocenters. The molecule has 0 aliphatic carbocycles. The molecule has 1 amide bonds. The van der Waals surface area contributed by atoms with Gasteiger partial charge in [0.05, 0.1) is 4.90 Å². The van der Waals surface area contributed by atoms with E-state index in [2.05, 4.69) is 30.9 Å². The summed E-state index contributed by atoms with van der Waals surface area (Å²) in [6.07, 6.45) is 1.05. The molecule has 0 N–H and O–H groups in total. The number of amides is 1. The van der Waals surface area contributed by atoms with Crippen molar-refractivity contribution >= 4 is 15.9 Å². The highest BCUT2D eigenvalue weighted by atomic mass is 32.2. The Kier molecular flexibility index (Phi) is 6.98. The summed E-state index contributed by atoms with van der Waals surface area (Å²) in [5.74, 6) is 0.679. The number of carbonyl (C=O) groups is 1. The van der Waals surface area contributed by atoms with Crippen molar-refractivity contribution in [2.45, 2.75) is 31.7 Å². The quantitative estimate of drug-likeness (QED) is 0.694. The first-order chi connectivity index (χ1) is 15.3. The van der Waals surface area contributed by atoms with Crippen molar-refractivity contribution in [1.82, 2.24) is 14.1 Å². The van der Waals surface area contributed by atoms with Gasteiger partial charge in [-0.1, -0.05) is 44.2 Å². The average Bonchev–Trinajstić information content (AvgIpc) is 2.79. The summed E-state index contributed by atoms with van der Waals surface area (Å²) >= 11 is 0. The van der Waals surface area contributed by atoms with E-state index in [0.717, 1.165) is 26.1 Å². The molecule has 0 radical (unpaired) electrons. The van der Waals surface area contributed by atoms with E-state index >= 15 is 0 Å². The molecule has 2 aliphatic rings. The second kappa shape index (κ2) is 9.73. The van der Waals surface area contributed by atoms with Crippen molar-refractivity contribution in [3.05, 3.63) is 65.7 Å². The van der Waals surface area contributed by atoms with Gasteiger partial charge >= 0.3 is 0 Å². The lowest BCUT2D eigenvalue weighted by Crippen LogP contribution is -2.48. The summed E-state index contributed by atoms with van der Waals surface area (Å²) in [6.45, 7) is 9.21. The lowest BCUT2D eigenvalue weighted by Gasteiger charge is -2.35. The lowest BCUT2D eigenvalue weighted by atomic mass is 9.94. The van der Waals surface area contributed by atoms with Crippen molar-refractivity contribution < 1.29 is 13.2 Å². The number of hydrogen-bond donors (Lipinski definition) is 0. The fourth-order valence-corrected chi connectivity index (χ4v) is 6.53. The molecule has 4 rings (SSSR count). The smallest absolute Gasteiger partial charge is 0.253 e. The minimum Gasteiger partial charge on any atom is -0.336 e. The standard InChI is InChI=1S/C25H33N3O3S/c1-20-16-21(2)18-28(17-20)32(30,31)24-10-8-23(9-11-24)25(29)27-14-12-26(13-15-27)19-22-6-4-3-5-7-22/h3-11,20-21H,12-19H2,1-2H3/t20-,21-/m1/s1. The number of sulfonamides is 1. The van der Waals surface area contributed by atoms with Crippen LogP contribution in [0.25, 0.3) is 0 Å². The highest BCUT2D eigenvalue weighted by Crippen LogP contribution is 2.27. The summed E-state index contributed by atoms with van der Waals surface area (Å²) < 4.78 is 27.7. The van der Waals surface area contributed by atoms with Gasteiger partial charge in [-0.3, -0.25) is 9.69 Å². The summed E-state index contributed by atoms with van der Waals surface area (Å²) in [4.78, 5) is 17.4. The largest absolute Gasteiger partial charge is 0.336 e. The monoisotopic (exact) mass is 455 g/mol. The molecule has 2 saturated heterocycles. The van der Waals surface area contributed by atoms with E-state index in [1.807, 2.05) is 23.1 Å². The molecule has 172 valence electrons. The van der Waals surface area contributed by atoms with E-state index in [0.29, 0.717) is 43.6 Å². The Morgan fingerprint density at radius 1 is 0.875 bits per heavy atom. The fraction of sp³-hybridized carbons (Fsp3) is 0.480. The number of piperidine rings is 1. The van der Waals surface area contributed by atoms with Crippen molar-refractivity contribution in [3.8, 4) is 0 Å². The van der Waals surface area contributed by atoms with Gasteiger partial charge in [-0.25, -0.2) is 8.42 Å². The van der Waals surface area contributed by atoms with Crippen molar-refractivity contribution in [3.63, 3.8) is 0 Å². The number of rotatable bonds is 5. The molecule has 0 aromatic heterocycles. The number of hydrogen-bond acceptors (Lipinski definition) is 4. The van der Waals surface area contributed by atoms with E-state index in [4.69, 9.17) is 0 Å². The highest BCUT2D eigenvalue weighted by molar-refractivity contribution is 7.89. The van der Waals surface area contributed by atoms with Gasteiger partial charge in [-0.15, -0.1) is 0 Å². The Bertz CT molecular complexity index is 1010. The van der Waals surface area contributed by atoms with E-state index in [1.165, 1.54) is 5.56 Å². The number of piperazine rings is 1. The minimum absolute atomic E-state index is 0.0338. The fourth-order valence-electron chi connectivity index (χ4n) is 4.85. The van der Waals surface area contributed by atoms with Crippen LogP contribution in [-0.4, -0.2) is 67.7 Å². The van der Waals surface area contributed by atoms with Gasteiger partial charge in [0.15, 0.2) is 0 Å². The molecule has 0 spiro atoms. The van der Waals surface area contributed by atoms with Crippen molar-refractivity contribution in [1.29, 1.82) is 0 Å². The second-order valence-corrected chi connectivity index (χ2v) is 11.3. The first-order valence-electron chi connectivity index (χ1n) is 11.5. The van der Waals surface area contributed by atoms with Crippen LogP contribution in [0.5, 0.6) is 0 Å². The van der Waals surface area contributed by atoms with Gasteiger partial charge < -0.3 is 4.90 Å². The summed E-state index contributed by atoms with van der Waals surface area (Å²) in [6, 6.07) is 16.8. The Hall–Kier alpha value is -2.22. The van der Waals surface area contributed by atoms with E-state index in [1.54, 1.807) is 28.6 Å². The van der Waals surface area contributed by atoms with Crippen LogP contribution in [0.3, 0.4) is 0 Å². The second-order valence-electron chi connectivity index (χ2n) is 9.35. The molecule has 2 aliphatic heterocycles. The van der Waals surface area contributed by atoms with Crippen LogP contribution in [0.4, 0.5) is 0 Å². The van der Waals surface area contributed by atoms with E-state index < -0.39 is 10.0 Å². The number of benzene rings is 2. The minimum atomic E-state index is -3.53. The third-order valence-corrected chi connectivity index (χ3v) is 8.33. The zero-order valence-corrected chi connectivity index (χ0v) is 19.8. The van der Waals surface area contributed by atoms with Gasteiger partial charge in [-0.2, -0.15) is 4.31 Å². The van der Waals surface area contributed by atoms with Crippen molar-refractivity contribution in [2.24, 2.45) is 11.8 Å². The molecule has 2 aromatic carbocycles. The maximum atomic E-state index is 13.1. The molecule has 6 nitrogen and oxygen atoms in total. The molecule has 0 bridgehead atoms. The SMILES string of the molecule is C[C@@H]1C[C@@H](C)CN(S(=O)(=O)c2ccc(C(=O)N3CCN(Cc4ccccc4)CC3)cc2)C1. The molecule has 2 atom stereocenters. The molecule has 32 heavy (non-hydrogen) atoms. The zero-order chi connectivity index (χ0) is 22.7. The van der Waals surface area contributed by atoms with Crippen LogP contribution in [-0.2, 0) is 16.6 Å². The molecule has 0 saturated carbocycles. The Labute approximate surface area is 191 Å². The first kappa shape index (κ1) is 23.0. The van der Waals surface area contributed by atoms with E-state index in [9.17, 15) is 13.2 Å². The van der Waals surface area contributed by atoms with Crippen LogP contribution >= 0.6 is 0 Å². The predicted molar refractivity (Wildman–Crippen MR) is 126 cm³/mol. The zero-order valence-electron chi connectivity index (χ0n) is 19.0. The maximum absolute atomic E-state index is 13.1. The van der Waals surface area contributed by atoms with Crippen LogP contribution < -0.4 is 0 Å². The Balaban J connectivity index is 1.36. The summed E-state index contributed by atoms with van der Waals surface area (Å²) in [5.41, 5.74) is 1.82. The molecular formula is C25H33N3O3S. The van der Waals surface area contributed by atoms with E-state index in [-0.39, 0.29) is 10.8 Å². The summed E-state index contributed by atoms with van der Waals surface area (Å²) in [7, 11) is -3.53. The molecule has 7 heteroatoms. The first-order valence-corrected chi connectivity index (χ1v) is 12.9. The number of carbonyl (C=O) groups excluding carboxylic acids is 1. The maximum Gasteiger partial charge on any atom is 0.253 e. The van der Waals surface area contributed by atoms with Crippen LogP contribution in [0.1, 0.15) is 36.2 Å². The third kappa shape index (κ3) is 5.22. The van der Waals surface area contributed by atoms with Crippen LogP contribution in [0.2, 0.25) is 0 Å². The van der Waals surface area contributed by atoms with Gasteiger partial charge in [0, 0.05) is 51.4 Å². The topological polar surface area (TPSA) is 60.9 Å². The van der Waals surface area contributed by atoms with Gasteiger partial charge in [-0.05, 0) is 48.1 Å². The normalized spacial score (nSPS) is 23.2. The van der Waals surface area contributed by atoms with Gasteiger partial charge in [0.2, 0.25) is 10.0 Å². The van der Waals surface area contributed by atoms with Gasteiger partial charge in [0.1, 0.15) is 0 Å². The Morgan fingerprint density at radius 3 is 2.06 bits per heavy atom. The molecule has 2 fully saturated rings. The van der Waals surface area contributed by atoms with Crippen LogP contribution in [0, 0.1) is 11.8 Å². The molecule has 2 aromatic rings. The number of nitrogens with zero attached hydrogens (tertiary/aromatic N) is 3. The lowest BCUT2D eigenvalue weighted by molar-refractivity contribution is 0.0628. The Morgan fingerprint density at radius 2 is 1.47 bits per heavy atom. The third-order valence-electron chi connectivity index (χ3n) is 6.48. The molecular weight excluding hydrogens is 422 g/mol. The molecule has 2 heterocycles. The summed E-state index contributed by atoms with van der Waals surface area (Å²) in [5, 5.41) is 0.